The number of alkyl halides is 3. The predicted octanol–water partition coefficient (Wildman–Crippen LogP) is 2.66. The van der Waals surface area contributed by atoms with Crippen LogP contribution in [0, 0.1) is 0 Å². The number of carbonyl (C=O) groups excluding carboxylic acids is 1. The van der Waals surface area contributed by atoms with Crippen LogP contribution in [0.1, 0.15) is 6.92 Å². The fraction of sp³-hybridized carbons (Fsp3) is 0.429. The fourth-order valence-electron chi connectivity index (χ4n) is 2.05. The number of nitrogens with zero attached hydrogens (tertiary/aromatic N) is 3. The highest BCUT2D eigenvalue weighted by atomic mass is 32.2. The number of hydrogen-bond donors (Lipinski definition) is 0. The van der Waals surface area contributed by atoms with Crippen LogP contribution in [0.3, 0.4) is 0 Å². The molecule has 1 aliphatic heterocycles. The van der Waals surface area contributed by atoms with E-state index in [-0.39, 0.29) is 0 Å². The molecule has 0 saturated carbocycles. The van der Waals surface area contributed by atoms with Crippen molar-refractivity contribution in [2.24, 2.45) is 5.10 Å². The Balaban J connectivity index is 2.19. The van der Waals surface area contributed by atoms with Gasteiger partial charge in [-0.1, -0.05) is 6.92 Å². The zero-order chi connectivity index (χ0) is 17.9. The van der Waals surface area contributed by atoms with Gasteiger partial charge in [0, 0.05) is 17.7 Å². The minimum atomic E-state index is -4.23. The van der Waals surface area contributed by atoms with Crippen LogP contribution >= 0.6 is 11.8 Å². The lowest BCUT2D eigenvalue weighted by Gasteiger charge is -2.23. The largest absolute Gasteiger partial charge is 0.398 e. The van der Waals surface area contributed by atoms with Crippen molar-refractivity contribution in [3.8, 4) is 0 Å². The molecule has 0 N–H and O–H groups in total. The molecule has 1 aromatic carbocycles. The second kappa shape index (κ2) is 7.56. The van der Waals surface area contributed by atoms with E-state index in [4.69, 9.17) is 0 Å². The van der Waals surface area contributed by atoms with Crippen molar-refractivity contribution in [3.63, 3.8) is 0 Å². The van der Waals surface area contributed by atoms with E-state index in [1.54, 1.807) is 26.1 Å². The molecule has 0 amide bonds. The van der Waals surface area contributed by atoms with Gasteiger partial charge in [0.25, 0.3) is 0 Å². The summed E-state index contributed by atoms with van der Waals surface area (Å²) in [5.74, 6) is -0.594. The van der Waals surface area contributed by atoms with Gasteiger partial charge in [-0.3, -0.25) is 9.00 Å². The maximum atomic E-state index is 12.2. The Morgan fingerprint density at radius 3 is 2.46 bits per heavy atom. The van der Waals surface area contributed by atoms with E-state index in [9.17, 15) is 22.2 Å². The first-order chi connectivity index (χ1) is 11.3. The summed E-state index contributed by atoms with van der Waals surface area (Å²) in [5, 5.41) is 5.94. The third kappa shape index (κ3) is 4.29. The molecule has 0 bridgehead atoms. The zero-order valence-electron chi connectivity index (χ0n) is 13.0. The Morgan fingerprint density at radius 2 is 1.96 bits per heavy atom. The third-order valence-electron chi connectivity index (χ3n) is 3.23. The Labute approximate surface area is 144 Å². The number of carbonyl (C=O) groups is 1. The molecule has 2 unspecified atom stereocenters. The lowest BCUT2D eigenvalue weighted by Crippen LogP contribution is -2.41. The van der Waals surface area contributed by atoms with E-state index in [0.29, 0.717) is 39.6 Å². The van der Waals surface area contributed by atoms with Crippen LogP contribution in [-0.2, 0) is 15.6 Å². The number of likely N-dealkylation sites (N-methyl/N-ethyl adjacent to an activating group) is 1. The number of benzene rings is 1. The van der Waals surface area contributed by atoms with Crippen molar-refractivity contribution in [1.29, 1.82) is 0 Å². The van der Waals surface area contributed by atoms with Gasteiger partial charge in [0.1, 0.15) is 0 Å². The van der Waals surface area contributed by atoms with E-state index in [0.717, 1.165) is 0 Å². The topological polar surface area (TPSA) is 53.0 Å². The fourth-order valence-corrected chi connectivity index (χ4v) is 3.58. The molecule has 1 heterocycles. The van der Waals surface area contributed by atoms with Gasteiger partial charge >= 0.3 is 6.18 Å². The summed E-state index contributed by atoms with van der Waals surface area (Å²) in [6, 6.07) is 6.25. The van der Waals surface area contributed by atoms with Crippen LogP contribution in [0.15, 0.2) is 34.3 Å². The van der Waals surface area contributed by atoms with Crippen molar-refractivity contribution in [2.45, 2.75) is 24.2 Å². The van der Waals surface area contributed by atoms with E-state index in [2.05, 4.69) is 5.10 Å². The number of hydrazone groups is 1. The molecule has 132 valence electrons. The summed E-state index contributed by atoms with van der Waals surface area (Å²) in [4.78, 5) is 13.3. The molecular formula is C14H16F3N3O2S2. The standard InChI is InChI=1S/C14H16F3N3O2S2/c1-3-24(22)13-18-20(12(8-21)19(13)2)10-4-6-11(7-5-10)23-9-14(15,16)17/h4-8,12H,3,9H2,1-2H3. The summed E-state index contributed by atoms with van der Waals surface area (Å²) in [6.45, 7) is 1.75. The average Bonchev–Trinajstić information content (AvgIpc) is 2.88. The third-order valence-corrected chi connectivity index (χ3v) is 5.61. The molecule has 1 aliphatic rings. The van der Waals surface area contributed by atoms with Crippen molar-refractivity contribution >= 4 is 39.7 Å². The van der Waals surface area contributed by atoms with Crippen LogP contribution in [0.2, 0.25) is 0 Å². The van der Waals surface area contributed by atoms with Crippen molar-refractivity contribution < 1.29 is 22.2 Å². The van der Waals surface area contributed by atoms with Crippen LogP contribution < -0.4 is 5.01 Å². The smallest absolute Gasteiger partial charge is 0.323 e. The van der Waals surface area contributed by atoms with Crippen LogP contribution in [0.4, 0.5) is 18.9 Å². The van der Waals surface area contributed by atoms with Crippen molar-refractivity contribution in [3.05, 3.63) is 24.3 Å². The highest BCUT2D eigenvalue weighted by molar-refractivity contribution is 8.00. The number of anilines is 1. The van der Waals surface area contributed by atoms with Crippen molar-refractivity contribution in [1.82, 2.24) is 4.90 Å². The molecule has 0 aliphatic carbocycles. The number of halogens is 3. The summed E-state index contributed by atoms with van der Waals surface area (Å²) in [6.07, 6.45) is -4.29. The van der Waals surface area contributed by atoms with Gasteiger partial charge in [-0.25, -0.2) is 5.01 Å². The van der Waals surface area contributed by atoms with Gasteiger partial charge in [-0.2, -0.15) is 13.2 Å². The first-order valence-corrected chi connectivity index (χ1v) is 9.31. The molecule has 2 atom stereocenters. The second-order valence-corrected chi connectivity index (χ2v) is 7.60. The number of thioether (sulfide) groups is 1. The molecule has 1 aromatic rings. The quantitative estimate of drug-likeness (QED) is 0.582. The maximum Gasteiger partial charge on any atom is 0.398 e. The molecule has 0 saturated heterocycles. The first-order valence-electron chi connectivity index (χ1n) is 7.00. The number of hydrogen-bond acceptors (Lipinski definition) is 6. The normalized spacial score (nSPS) is 19.4. The minimum Gasteiger partial charge on any atom is -0.323 e. The maximum absolute atomic E-state index is 12.2. The van der Waals surface area contributed by atoms with Crippen LogP contribution in [-0.4, -0.2) is 51.5 Å². The summed E-state index contributed by atoms with van der Waals surface area (Å²) >= 11 is 0.687. The number of amidine groups is 1. The summed E-state index contributed by atoms with van der Waals surface area (Å²) in [7, 11) is 0.304. The lowest BCUT2D eigenvalue weighted by atomic mass is 10.3. The average molecular weight is 379 g/mol. The molecule has 0 fully saturated rings. The van der Waals surface area contributed by atoms with E-state index in [1.165, 1.54) is 22.0 Å². The second-order valence-electron chi connectivity index (χ2n) is 4.92. The van der Waals surface area contributed by atoms with Gasteiger partial charge in [0.2, 0.25) is 5.17 Å². The molecular weight excluding hydrogens is 363 g/mol. The Bertz CT molecular complexity index is 650. The Morgan fingerprint density at radius 1 is 1.33 bits per heavy atom. The van der Waals surface area contributed by atoms with E-state index >= 15 is 0 Å². The minimum absolute atomic E-state index is 0.296. The molecule has 0 spiro atoms. The summed E-state index contributed by atoms with van der Waals surface area (Å²) < 4.78 is 48.7. The number of aldehydes is 1. The SMILES string of the molecule is CCS(=O)C1=NN(c2ccc(SCC(F)(F)F)cc2)C(C=O)N1C. The summed E-state index contributed by atoms with van der Waals surface area (Å²) in [5.41, 5.74) is 0.540. The highest BCUT2D eigenvalue weighted by Gasteiger charge is 2.34. The Kier molecular flexibility index (Phi) is 5.92. The van der Waals surface area contributed by atoms with Crippen LogP contribution in [0.5, 0.6) is 0 Å². The molecule has 2 rings (SSSR count). The van der Waals surface area contributed by atoms with Gasteiger partial charge in [-0.05, 0) is 24.3 Å². The van der Waals surface area contributed by atoms with Gasteiger partial charge in [0.05, 0.1) is 22.2 Å². The monoisotopic (exact) mass is 379 g/mol. The highest BCUT2D eigenvalue weighted by Crippen LogP contribution is 2.30. The lowest BCUT2D eigenvalue weighted by molar-refractivity contribution is -0.110. The van der Waals surface area contributed by atoms with E-state index in [1.807, 2.05) is 0 Å². The molecule has 24 heavy (non-hydrogen) atoms. The van der Waals surface area contributed by atoms with Gasteiger partial charge < -0.3 is 4.90 Å². The van der Waals surface area contributed by atoms with Gasteiger partial charge in [-0.15, -0.1) is 16.9 Å². The van der Waals surface area contributed by atoms with Crippen molar-refractivity contribution in [2.75, 3.05) is 23.6 Å². The first kappa shape index (κ1) is 18.8. The van der Waals surface area contributed by atoms with Gasteiger partial charge in [0.15, 0.2) is 12.5 Å². The molecule has 0 aromatic heterocycles. The zero-order valence-corrected chi connectivity index (χ0v) is 14.6. The molecule has 0 radical (unpaired) electrons. The van der Waals surface area contributed by atoms with Crippen LogP contribution in [0.25, 0.3) is 0 Å². The predicted molar refractivity (Wildman–Crippen MR) is 89.4 cm³/mol. The Hall–Kier alpha value is -1.55. The number of rotatable bonds is 5. The van der Waals surface area contributed by atoms with E-state index < -0.39 is 28.9 Å². The molecule has 5 nitrogen and oxygen atoms in total. The molecule has 10 heteroatoms.